The second kappa shape index (κ2) is 7.40. The lowest BCUT2D eigenvalue weighted by Crippen LogP contribution is -2.59. The summed E-state index contributed by atoms with van der Waals surface area (Å²) in [5, 5.41) is 12.3. The van der Waals surface area contributed by atoms with Crippen molar-refractivity contribution in [3.63, 3.8) is 0 Å². The third-order valence-corrected chi connectivity index (χ3v) is 6.59. The number of nitrogens with zero attached hydrogens (tertiary/aromatic N) is 1. The maximum atomic E-state index is 13.5. The van der Waals surface area contributed by atoms with E-state index in [9.17, 15) is 18.4 Å². The van der Waals surface area contributed by atoms with Crippen molar-refractivity contribution in [3.05, 3.63) is 35.4 Å². The fraction of sp³-hybridized carbons (Fsp3) is 0.600. The highest BCUT2D eigenvalue weighted by Crippen LogP contribution is 2.52. The lowest BCUT2D eigenvalue weighted by atomic mass is 9.81. The summed E-state index contributed by atoms with van der Waals surface area (Å²) < 4.78 is 27.0. The molecule has 2 heterocycles. The highest BCUT2D eigenvalue weighted by molar-refractivity contribution is 5.90. The summed E-state index contributed by atoms with van der Waals surface area (Å²) in [6.07, 6.45) is 3.89. The fourth-order valence-electron chi connectivity index (χ4n) is 4.71. The maximum Gasteiger partial charge on any atom is 0.248 e. The smallest absolute Gasteiger partial charge is 0.248 e. The molecule has 3 N–H and O–H groups in total. The summed E-state index contributed by atoms with van der Waals surface area (Å²) in [6.45, 7) is 1.65. The van der Waals surface area contributed by atoms with Crippen LogP contribution >= 0.6 is 0 Å². The van der Waals surface area contributed by atoms with E-state index in [2.05, 4.69) is 5.32 Å². The van der Waals surface area contributed by atoms with E-state index in [1.165, 1.54) is 12.1 Å². The van der Waals surface area contributed by atoms with Gasteiger partial charge in [-0.1, -0.05) is 0 Å². The molecule has 2 atom stereocenters. The summed E-state index contributed by atoms with van der Waals surface area (Å²) >= 11 is 0. The minimum Gasteiger partial charge on any atom is -0.341 e. The first-order valence-electron chi connectivity index (χ1n) is 9.83. The Balaban J connectivity index is 1.41. The lowest BCUT2D eigenvalue weighted by Gasteiger charge is -2.40. The molecule has 1 aromatic carbocycles. The number of benzene rings is 1. The van der Waals surface area contributed by atoms with Crippen molar-refractivity contribution in [3.8, 4) is 0 Å². The van der Waals surface area contributed by atoms with Crippen LogP contribution in [0.2, 0.25) is 0 Å². The van der Waals surface area contributed by atoms with Gasteiger partial charge in [0.05, 0.1) is 12.0 Å². The molecular weight excluding hydrogens is 368 g/mol. The van der Waals surface area contributed by atoms with Crippen LogP contribution in [0.5, 0.6) is 0 Å². The van der Waals surface area contributed by atoms with Gasteiger partial charge in [0.25, 0.3) is 0 Å². The third-order valence-electron chi connectivity index (χ3n) is 6.59. The van der Waals surface area contributed by atoms with E-state index in [0.717, 1.165) is 18.9 Å². The number of amides is 2. The van der Waals surface area contributed by atoms with E-state index in [1.807, 2.05) is 0 Å². The highest BCUT2D eigenvalue weighted by atomic mass is 19.1. The van der Waals surface area contributed by atoms with Crippen molar-refractivity contribution in [2.24, 2.45) is 11.3 Å². The number of hydrogen-bond acceptors (Lipinski definition) is 4. The quantitative estimate of drug-likeness (QED) is 0.542. The molecule has 2 saturated heterocycles. The van der Waals surface area contributed by atoms with Gasteiger partial charge in [0.2, 0.25) is 11.8 Å². The van der Waals surface area contributed by atoms with Crippen LogP contribution < -0.4 is 10.8 Å². The van der Waals surface area contributed by atoms with Gasteiger partial charge in [-0.05, 0) is 61.1 Å². The summed E-state index contributed by atoms with van der Waals surface area (Å²) in [7, 11) is 0. The Morgan fingerprint density at radius 1 is 1.14 bits per heavy atom. The fourth-order valence-corrected chi connectivity index (χ4v) is 4.71. The second-order valence-electron chi connectivity index (χ2n) is 8.45. The monoisotopic (exact) mass is 393 g/mol. The van der Waals surface area contributed by atoms with Crippen LogP contribution in [-0.2, 0) is 9.59 Å². The standard InChI is InChI=1S/C20H25F2N3O3/c21-14-7-13(8-15(22)9-14)12-1-5-25(6-2-12)19(27)17-16(18(26)24-28)10-20(3-4-20)11-23-17/h7-9,12,16-17,23,28H,1-6,10-11H2,(H,24,26)/t16-,17-/m0/s1. The predicted octanol–water partition coefficient (Wildman–Crippen LogP) is 1.93. The Bertz CT molecular complexity index is 756. The van der Waals surface area contributed by atoms with E-state index < -0.39 is 29.5 Å². The van der Waals surface area contributed by atoms with Crippen LogP contribution in [0.25, 0.3) is 0 Å². The summed E-state index contributed by atoms with van der Waals surface area (Å²) in [5.41, 5.74) is 2.41. The molecule has 28 heavy (non-hydrogen) atoms. The molecular formula is C20H25F2N3O3. The number of halogens is 2. The Hall–Kier alpha value is -2.06. The topological polar surface area (TPSA) is 81.7 Å². The van der Waals surface area contributed by atoms with E-state index in [-0.39, 0.29) is 17.2 Å². The van der Waals surface area contributed by atoms with E-state index in [4.69, 9.17) is 5.21 Å². The Morgan fingerprint density at radius 2 is 1.79 bits per heavy atom. The largest absolute Gasteiger partial charge is 0.341 e. The molecule has 1 spiro atoms. The number of carbonyl (C=O) groups is 2. The SMILES string of the molecule is O=C(NO)[C@H]1CC2(CC2)CN[C@@H]1C(=O)N1CCC(c2cc(F)cc(F)c2)CC1. The first kappa shape index (κ1) is 19.3. The van der Waals surface area contributed by atoms with Gasteiger partial charge in [-0.25, -0.2) is 14.3 Å². The molecule has 0 radical (unpaired) electrons. The molecule has 2 aliphatic heterocycles. The minimum atomic E-state index is -0.651. The van der Waals surface area contributed by atoms with Crippen molar-refractivity contribution in [1.29, 1.82) is 0 Å². The average molecular weight is 393 g/mol. The number of hydroxylamine groups is 1. The molecule has 3 fully saturated rings. The Labute approximate surface area is 162 Å². The second-order valence-corrected chi connectivity index (χ2v) is 8.45. The van der Waals surface area contributed by atoms with Crippen LogP contribution in [0.15, 0.2) is 18.2 Å². The predicted molar refractivity (Wildman–Crippen MR) is 96.4 cm³/mol. The molecule has 0 bridgehead atoms. The van der Waals surface area contributed by atoms with Gasteiger partial charge in [0.1, 0.15) is 11.6 Å². The molecule has 6 nitrogen and oxygen atoms in total. The van der Waals surface area contributed by atoms with Crippen LogP contribution in [0.3, 0.4) is 0 Å². The molecule has 0 unspecified atom stereocenters. The molecule has 152 valence electrons. The van der Waals surface area contributed by atoms with Crippen molar-refractivity contribution in [2.75, 3.05) is 19.6 Å². The third kappa shape index (κ3) is 3.75. The van der Waals surface area contributed by atoms with Crippen molar-refractivity contribution < 1.29 is 23.6 Å². The number of nitrogens with one attached hydrogen (secondary N) is 2. The lowest BCUT2D eigenvalue weighted by molar-refractivity contribution is -0.145. The Kier molecular flexibility index (Phi) is 5.09. The number of rotatable bonds is 3. The molecule has 1 aromatic rings. The van der Waals surface area contributed by atoms with E-state index in [1.54, 1.807) is 10.4 Å². The van der Waals surface area contributed by atoms with Gasteiger partial charge in [0.15, 0.2) is 0 Å². The molecule has 1 aliphatic carbocycles. The first-order chi connectivity index (χ1) is 13.4. The molecule has 8 heteroatoms. The van der Waals surface area contributed by atoms with Crippen LogP contribution in [0, 0.1) is 23.0 Å². The molecule has 1 saturated carbocycles. The van der Waals surface area contributed by atoms with Gasteiger partial charge in [-0.15, -0.1) is 0 Å². The highest BCUT2D eigenvalue weighted by Gasteiger charge is 2.52. The first-order valence-corrected chi connectivity index (χ1v) is 9.83. The zero-order valence-corrected chi connectivity index (χ0v) is 15.6. The Morgan fingerprint density at radius 3 is 2.36 bits per heavy atom. The molecule has 2 amide bonds. The van der Waals surface area contributed by atoms with Gasteiger partial charge >= 0.3 is 0 Å². The van der Waals surface area contributed by atoms with Gasteiger partial charge in [-0.3, -0.25) is 14.8 Å². The van der Waals surface area contributed by atoms with Crippen LogP contribution in [0.1, 0.15) is 43.6 Å². The van der Waals surface area contributed by atoms with Crippen molar-refractivity contribution in [1.82, 2.24) is 15.7 Å². The van der Waals surface area contributed by atoms with Crippen LogP contribution in [-0.4, -0.2) is 47.6 Å². The van der Waals surface area contributed by atoms with E-state index >= 15 is 0 Å². The summed E-state index contributed by atoms with van der Waals surface area (Å²) in [5.74, 6) is -2.45. The minimum absolute atomic E-state index is 0.000152. The molecule has 3 aliphatic rings. The zero-order valence-electron chi connectivity index (χ0n) is 15.6. The molecule has 4 rings (SSSR count). The van der Waals surface area contributed by atoms with Crippen molar-refractivity contribution in [2.45, 2.75) is 44.1 Å². The van der Waals surface area contributed by atoms with Gasteiger partial charge in [0, 0.05) is 25.7 Å². The average Bonchev–Trinajstić information content (AvgIpc) is 3.45. The number of hydrogen-bond donors (Lipinski definition) is 3. The summed E-state index contributed by atoms with van der Waals surface area (Å²) in [6, 6.07) is 2.91. The number of carbonyl (C=O) groups excluding carboxylic acids is 2. The van der Waals surface area contributed by atoms with Crippen LogP contribution in [0.4, 0.5) is 8.78 Å². The normalized spacial score (nSPS) is 26.9. The summed E-state index contributed by atoms with van der Waals surface area (Å²) in [4.78, 5) is 26.9. The zero-order chi connectivity index (χ0) is 19.9. The van der Waals surface area contributed by atoms with E-state index in [0.29, 0.717) is 44.5 Å². The number of likely N-dealkylation sites (tertiary alicyclic amines) is 1. The maximum absolute atomic E-state index is 13.5. The molecule has 0 aromatic heterocycles. The van der Waals surface area contributed by atoms with Crippen molar-refractivity contribution >= 4 is 11.8 Å². The number of piperidine rings is 2. The van der Waals surface area contributed by atoms with Gasteiger partial charge in [-0.2, -0.15) is 0 Å². The van der Waals surface area contributed by atoms with Gasteiger partial charge < -0.3 is 10.2 Å².